The largest absolute Gasteiger partial charge is 0.480 e. The predicted octanol–water partition coefficient (Wildman–Crippen LogP) is 2.57. The van der Waals surface area contributed by atoms with Gasteiger partial charge in [-0.05, 0) is 45.2 Å². The molecule has 0 heterocycles. The summed E-state index contributed by atoms with van der Waals surface area (Å²) in [6, 6.07) is 6.51. The Balaban J connectivity index is 2.68. The van der Waals surface area contributed by atoms with Gasteiger partial charge in [0.05, 0.1) is 6.07 Å². The van der Waals surface area contributed by atoms with Gasteiger partial charge in [-0.2, -0.15) is 5.26 Å². The third kappa shape index (κ3) is 5.65. The number of rotatable bonds is 7. The van der Waals surface area contributed by atoms with E-state index < -0.39 is 12.0 Å². The fourth-order valence-electron chi connectivity index (χ4n) is 2.16. The number of carboxylic acids is 1. The van der Waals surface area contributed by atoms with Crippen molar-refractivity contribution in [2.75, 3.05) is 0 Å². The molecule has 0 unspecified atom stereocenters. The number of unbranched alkanes of at least 4 members (excludes halogenated alkanes) is 2. The van der Waals surface area contributed by atoms with Gasteiger partial charge in [0.1, 0.15) is 6.04 Å². The first-order valence-corrected chi connectivity index (χ1v) is 6.93. The van der Waals surface area contributed by atoms with Crippen LogP contribution >= 0.6 is 0 Å². The SMILES string of the molecule is Cc1cc(C)cc(C(=O)N[C@H](CCCCC#N)C(=O)O)c1. The Morgan fingerprint density at radius 2 is 1.86 bits per heavy atom. The van der Waals surface area contributed by atoms with E-state index >= 15 is 0 Å². The number of amides is 1. The minimum atomic E-state index is -1.05. The fraction of sp³-hybridized carbons (Fsp3) is 0.438. The third-order valence-corrected chi connectivity index (χ3v) is 3.12. The third-order valence-electron chi connectivity index (χ3n) is 3.12. The lowest BCUT2D eigenvalue weighted by Gasteiger charge is -2.14. The Morgan fingerprint density at radius 3 is 2.38 bits per heavy atom. The molecule has 112 valence electrons. The number of carbonyl (C=O) groups is 2. The van der Waals surface area contributed by atoms with E-state index in [9.17, 15) is 9.59 Å². The van der Waals surface area contributed by atoms with Crippen LogP contribution in [0.1, 0.15) is 47.2 Å². The molecule has 0 fully saturated rings. The van der Waals surface area contributed by atoms with E-state index in [1.165, 1.54) is 0 Å². The van der Waals surface area contributed by atoms with Gasteiger partial charge < -0.3 is 10.4 Å². The van der Waals surface area contributed by atoms with Crippen molar-refractivity contribution in [3.8, 4) is 6.07 Å². The highest BCUT2D eigenvalue weighted by Crippen LogP contribution is 2.10. The number of nitrogens with zero attached hydrogens (tertiary/aromatic N) is 1. The first-order chi connectivity index (χ1) is 9.93. The van der Waals surface area contributed by atoms with Crippen molar-refractivity contribution in [1.29, 1.82) is 5.26 Å². The van der Waals surface area contributed by atoms with Crippen molar-refractivity contribution in [1.82, 2.24) is 5.32 Å². The molecule has 1 amide bonds. The standard InChI is InChI=1S/C16H20N2O3/c1-11-8-12(2)10-13(9-11)15(19)18-14(16(20)21)6-4-3-5-7-17/h8-10,14H,3-6H2,1-2H3,(H,18,19)(H,20,21)/t14-/m1/s1. The summed E-state index contributed by atoms with van der Waals surface area (Å²) in [5.74, 6) is -1.43. The summed E-state index contributed by atoms with van der Waals surface area (Å²) in [6.45, 7) is 3.78. The van der Waals surface area contributed by atoms with E-state index in [0.29, 0.717) is 31.2 Å². The quantitative estimate of drug-likeness (QED) is 0.754. The Kier molecular flexibility index (Phi) is 6.41. The second-order valence-electron chi connectivity index (χ2n) is 5.14. The number of aryl methyl sites for hydroxylation is 2. The smallest absolute Gasteiger partial charge is 0.326 e. The predicted molar refractivity (Wildman–Crippen MR) is 78.9 cm³/mol. The van der Waals surface area contributed by atoms with Crippen LogP contribution < -0.4 is 5.32 Å². The van der Waals surface area contributed by atoms with Crippen molar-refractivity contribution in [2.45, 2.75) is 45.6 Å². The Bertz CT molecular complexity index is 541. The van der Waals surface area contributed by atoms with Crippen LogP contribution in [-0.4, -0.2) is 23.0 Å². The second-order valence-corrected chi connectivity index (χ2v) is 5.14. The number of nitrogens with one attached hydrogen (secondary N) is 1. The molecule has 1 aromatic rings. The van der Waals surface area contributed by atoms with Crippen LogP contribution in [0.25, 0.3) is 0 Å². The van der Waals surface area contributed by atoms with Gasteiger partial charge in [-0.25, -0.2) is 4.79 Å². The number of nitriles is 1. The minimum Gasteiger partial charge on any atom is -0.480 e. The van der Waals surface area contributed by atoms with Gasteiger partial charge in [-0.1, -0.05) is 17.2 Å². The van der Waals surface area contributed by atoms with Crippen molar-refractivity contribution >= 4 is 11.9 Å². The molecule has 1 aromatic carbocycles. The van der Waals surface area contributed by atoms with E-state index in [1.807, 2.05) is 26.0 Å². The lowest BCUT2D eigenvalue weighted by atomic mass is 10.1. The molecule has 0 saturated carbocycles. The number of carbonyl (C=O) groups excluding carboxylic acids is 1. The molecular weight excluding hydrogens is 268 g/mol. The number of hydrogen-bond donors (Lipinski definition) is 2. The summed E-state index contributed by atoms with van der Waals surface area (Å²) in [5.41, 5.74) is 2.39. The summed E-state index contributed by atoms with van der Waals surface area (Å²) in [4.78, 5) is 23.3. The van der Waals surface area contributed by atoms with Crippen molar-refractivity contribution in [3.05, 3.63) is 34.9 Å². The molecule has 0 bridgehead atoms. The topological polar surface area (TPSA) is 90.2 Å². The van der Waals surface area contributed by atoms with Crippen LogP contribution in [-0.2, 0) is 4.79 Å². The van der Waals surface area contributed by atoms with Crippen LogP contribution in [0.5, 0.6) is 0 Å². The number of aliphatic carboxylic acids is 1. The van der Waals surface area contributed by atoms with Crippen LogP contribution in [0.15, 0.2) is 18.2 Å². The van der Waals surface area contributed by atoms with Gasteiger partial charge in [0.25, 0.3) is 5.91 Å². The zero-order valence-corrected chi connectivity index (χ0v) is 12.3. The van der Waals surface area contributed by atoms with Gasteiger partial charge in [0.15, 0.2) is 0 Å². The van der Waals surface area contributed by atoms with E-state index in [-0.39, 0.29) is 5.91 Å². The molecule has 0 spiro atoms. The monoisotopic (exact) mass is 288 g/mol. The van der Waals surface area contributed by atoms with E-state index in [4.69, 9.17) is 10.4 Å². The van der Waals surface area contributed by atoms with Crippen LogP contribution in [0.2, 0.25) is 0 Å². The summed E-state index contributed by atoms with van der Waals surface area (Å²) in [6.07, 6.45) is 1.96. The molecule has 0 aromatic heterocycles. The fourth-order valence-corrected chi connectivity index (χ4v) is 2.16. The number of carboxylic acid groups (broad SMARTS) is 1. The van der Waals surface area contributed by atoms with Crippen LogP contribution in [0.4, 0.5) is 0 Å². The number of benzene rings is 1. The Morgan fingerprint density at radius 1 is 1.24 bits per heavy atom. The zero-order valence-electron chi connectivity index (χ0n) is 12.3. The molecule has 0 aliphatic heterocycles. The molecule has 0 radical (unpaired) electrons. The van der Waals surface area contributed by atoms with Crippen molar-refractivity contribution in [3.63, 3.8) is 0 Å². The molecule has 0 aliphatic rings. The lowest BCUT2D eigenvalue weighted by molar-refractivity contribution is -0.139. The van der Waals surface area contributed by atoms with Crippen molar-refractivity contribution in [2.24, 2.45) is 0 Å². The molecule has 2 N–H and O–H groups in total. The highest BCUT2D eigenvalue weighted by molar-refractivity contribution is 5.96. The van der Waals surface area contributed by atoms with Gasteiger partial charge in [0.2, 0.25) is 0 Å². The van der Waals surface area contributed by atoms with E-state index in [1.54, 1.807) is 12.1 Å². The molecule has 0 aliphatic carbocycles. The molecule has 1 atom stereocenters. The number of hydrogen-bond acceptors (Lipinski definition) is 3. The Hall–Kier alpha value is -2.35. The molecule has 5 nitrogen and oxygen atoms in total. The minimum absolute atomic E-state index is 0.327. The molecule has 1 rings (SSSR count). The summed E-state index contributed by atoms with van der Waals surface area (Å²) < 4.78 is 0. The molecule has 5 heteroatoms. The highest BCUT2D eigenvalue weighted by Gasteiger charge is 2.20. The van der Waals surface area contributed by atoms with Gasteiger partial charge >= 0.3 is 5.97 Å². The highest BCUT2D eigenvalue weighted by atomic mass is 16.4. The second kappa shape index (κ2) is 8.05. The average Bonchev–Trinajstić information content (AvgIpc) is 2.40. The van der Waals surface area contributed by atoms with E-state index in [0.717, 1.165) is 11.1 Å². The van der Waals surface area contributed by atoms with Gasteiger partial charge in [0, 0.05) is 12.0 Å². The maximum atomic E-state index is 12.1. The van der Waals surface area contributed by atoms with Crippen LogP contribution in [0, 0.1) is 25.2 Å². The van der Waals surface area contributed by atoms with Crippen molar-refractivity contribution < 1.29 is 14.7 Å². The lowest BCUT2D eigenvalue weighted by Crippen LogP contribution is -2.40. The normalized spacial score (nSPS) is 11.5. The zero-order chi connectivity index (χ0) is 15.8. The average molecular weight is 288 g/mol. The maximum Gasteiger partial charge on any atom is 0.326 e. The first-order valence-electron chi connectivity index (χ1n) is 6.93. The first kappa shape index (κ1) is 16.7. The molecular formula is C16H20N2O3. The summed E-state index contributed by atoms with van der Waals surface area (Å²) in [7, 11) is 0. The summed E-state index contributed by atoms with van der Waals surface area (Å²) >= 11 is 0. The molecule has 21 heavy (non-hydrogen) atoms. The maximum absolute atomic E-state index is 12.1. The molecule has 0 saturated heterocycles. The van der Waals surface area contributed by atoms with E-state index in [2.05, 4.69) is 5.32 Å². The van der Waals surface area contributed by atoms with Gasteiger partial charge in [-0.15, -0.1) is 0 Å². The summed E-state index contributed by atoms with van der Waals surface area (Å²) in [5, 5.41) is 20.1. The Labute approximate surface area is 124 Å². The van der Waals surface area contributed by atoms with Gasteiger partial charge in [-0.3, -0.25) is 4.79 Å². The van der Waals surface area contributed by atoms with Crippen LogP contribution in [0.3, 0.4) is 0 Å².